The molecule has 3 nitrogen and oxygen atoms in total. The average Bonchev–Trinajstić information content (AvgIpc) is 2.10. The van der Waals surface area contributed by atoms with Gasteiger partial charge in [-0.1, -0.05) is 20.8 Å². The lowest BCUT2D eigenvalue weighted by molar-refractivity contribution is -0.284. The molecule has 0 radical (unpaired) electrons. The zero-order chi connectivity index (χ0) is 11.1. The van der Waals surface area contributed by atoms with E-state index in [0.29, 0.717) is 0 Å². The number of aliphatic hydroxyl groups excluding tert-OH is 2. The summed E-state index contributed by atoms with van der Waals surface area (Å²) in [7, 11) is 0. The predicted octanol–water partition coefficient (Wildman–Crippen LogP) is 0.460. The van der Waals surface area contributed by atoms with E-state index in [1.165, 1.54) is 0 Å². The maximum atomic E-state index is 10.4. The maximum Gasteiger partial charge on any atom is 0.0696 e. The van der Waals surface area contributed by atoms with Crippen LogP contribution in [0.25, 0.3) is 0 Å². The minimum absolute atomic E-state index is 0.0147. The van der Waals surface area contributed by atoms with Crippen LogP contribution < -0.4 is 0 Å². The van der Waals surface area contributed by atoms with Gasteiger partial charge >= 0.3 is 0 Å². The minimum Gasteiger partial charge on any atom is -0.392 e. The van der Waals surface area contributed by atoms with Crippen LogP contribution in [0.4, 0.5) is 0 Å². The second kappa shape index (κ2) is 2.41. The molecule has 15 heavy (non-hydrogen) atoms. The third-order valence-electron chi connectivity index (χ3n) is 5.11. The highest BCUT2D eigenvalue weighted by Gasteiger charge is 2.67. The topological polar surface area (TPSA) is 43.7 Å². The first-order valence-corrected chi connectivity index (χ1v) is 5.89. The Morgan fingerprint density at radius 1 is 0.933 bits per heavy atom. The van der Waals surface area contributed by atoms with Crippen molar-refractivity contribution in [1.82, 2.24) is 4.90 Å². The van der Waals surface area contributed by atoms with E-state index < -0.39 is 0 Å². The van der Waals surface area contributed by atoms with E-state index >= 15 is 0 Å². The Balaban J connectivity index is 2.12. The predicted molar refractivity (Wildman–Crippen MR) is 57.4 cm³/mol. The molecule has 3 saturated heterocycles. The van der Waals surface area contributed by atoms with Gasteiger partial charge in [-0.2, -0.15) is 0 Å². The first-order chi connectivity index (χ1) is 6.80. The van der Waals surface area contributed by atoms with Gasteiger partial charge in [-0.05, 0) is 6.42 Å². The van der Waals surface area contributed by atoms with Gasteiger partial charge in [0.1, 0.15) is 0 Å². The molecule has 3 aliphatic heterocycles. The second-order valence-corrected chi connectivity index (χ2v) is 6.94. The molecule has 1 aliphatic carbocycles. The van der Waals surface area contributed by atoms with Crippen molar-refractivity contribution in [1.29, 1.82) is 0 Å². The van der Waals surface area contributed by atoms with Crippen molar-refractivity contribution in [2.45, 2.75) is 39.4 Å². The van der Waals surface area contributed by atoms with Crippen LogP contribution in [0.3, 0.4) is 0 Å². The molecule has 3 heteroatoms. The maximum absolute atomic E-state index is 10.4. The van der Waals surface area contributed by atoms with Gasteiger partial charge in [-0.15, -0.1) is 0 Å². The van der Waals surface area contributed by atoms with E-state index in [0.717, 1.165) is 26.1 Å². The standard InChI is InChI=1S/C12H21NO2/c1-10-4-11(2)6-13(5-10)7-12(3,8(10)14)9(11)15/h8-9,14-15H,4-7H2,1-3H3/t8-,9-,10-,11+,12+/m1/s1. The Hall–Kier alpha value is -0.120. The summed E-state index contributed by atoms with van der Waals surface area (Å²) in [6.07, 6.45) is 0.239. The van der Waals surface area contributed by atoms with Gasteiger partial charge in [0.2, 0.25) is 0 Å². The van der Waals surface area contributed by atoms with Crippen molar-refractivity contribution in [3.8, 4) is 0 Å². The summed E-state index contributed by atoms with van der Waals surface area (Å²) in [6, 6.07) is 0. The normalized spacial score (nSPS) is 67.4. The van der Waals surface area contributed by atoms with Gasteiger partial charge in [-0.3, -0.25) is 0 Å². The number of hydrogen-bond donors (Lipinski definition) is 2. The average molecular weight is 211 g/mol. The lowest BCUT2D eigenvalue weighted by Gasteiger charge is -2.69. The molecule has 3 heterocycles. The van der Waals surface area contributed by atoms with Crippen LogP contribution >= 0.6 is 0 Å². The van der Waals surface area contributed by atoms with E-state index in [1.807, 2.05) is 6.92 Å². The quantitative estimate of drug-likeness (QED) is 0.612. The van der Waals surface area contributed by atoms with Gasteiger partial charge in [0.15, 0.2) is 0 Å². The molecule has 0 aromatic carbocycles. The SMILES string of the molecule is C[C@]12C[N@@]3C[C@](C)(C1)[C@@H](O)[C@@](C)(C3)[C@@H]2O. The lowest BCUT2D eigenvalue weighted by atomic mass is 9.46. The molecule has 86 valence electrons. The fraction of sp³-hybridized carbons (Fsp3) is 1.00. The molecule has 0 amide bonds. The molecular formula is C12H21NO2. The smallest absolute Gasteiger partial charge is 0.0696 e. The second-order valence-electron chi connectivity index (χ2n) is 6.94. The number of nitrogens with zero attached hydrogens (tertiary/aromatic N) is 1. The van der Waals surface area contributed by atoms with Gasteiger partial charge in [0.25, 0.3) is 0 Å². The molecule has 0 spiro atoms. The van der Waals surface area contributed by atoms with Crippen molar-refractivity contribution < 1.29 is 10.2 Å². The number of aliphatic hydroxyl groups is 2. The molecule has 1 saturated carbocycles. The van der Waals surface area contributed by atoms with E-state index in [9.17, 15) is 10.2 Å². The van der Waals surface area contributed by atoms with Crippen molar-refractivity contribution in [2.75, 3.05) is 19.6 Å². The Bertz CT molecular complexity index is 295. The fourth-order valence-corrected chi connectivity index (χ4v) is 4.99. The van der Waals surface area contributed by atoms with Gasteiger partial charge in [0.05, 0.1) is 12.2 Å². The summed E-state index contributed by atoms with van der Waals surface area (Å²) >= 11 is 0. The van der Waals surface area contributed by atoms with Crippen LogP contribution in [0.15, 0.2) is 0 Å². The number of rotatable bonds is 0. The monoisotopic (exact) mass is 211 g/mol. The zero-order valence-electron chi connectivity index (χ0n) is 9.82. The van der Waals surface area contributed by atoms with Crippen molar-refractivity contribution in [3.05, 3.63) is 0 Å². The molecular weight excluding hydrogens is 190 g/mol. The molecule has 0 aromatic rings. The lowest BCUT2D eigenvalue weighted by Crippen LogP contribution is -2.77. The molecule has 0 unspecified atom stereocenters. The molecule has 6 atom stereocenters. The minimum atomic E-state index is -0.357. The summed E-state index contributed by atoms with van der Waals surface area (Å²) in [5, 5.41) is 20.9. The largest absolute Gasteiger partial charge is 0.392 e. The van der Waals surface area contributed by atoms with Crippen LogP contribution in [0.1, 0.15) is 27.2 Å². The summed E-state index contributed by atoms with van der Waals surface area (Å²) in [5.41, 5.74) is -0.350. The fourth-order valence-electron chi connectivity index (χ4n) is 4.99. The molecule has 4 fully saturated rings. The van der Waals surface area contributed by atoms with Crippen LogP contribution in [0.5, 0.6) is 0 Å². The highest BCUT2D eigenvalue weighted by molar-refractivity contribution is 5.18. The third kappa shape index (κ3) is 0.973. The van der Waals surface area contributed by atoms with Crippen molar-refractivity contribution >= 4 is 0 Å². The molecule has 4 aliphatic rings. The van der Waals surface area contributed by atoms with Gasteiger partial charge < -0.3 is 15.1 Å². The summed E-state index contributed by atoms with van der Waals surface area (Å²) < 4.78 is 0. The Morgan fingerprint density at radius 2 is 1.40 bits per heavy atom. The van der Waals surface area contributed by atoms with E-state index in [2.05, 4.69) is 18.7 Å². The third-order valence-corrected chi connectivity index (χ3v) is 5.11. The Kier molecular flexibility index (Phi) is 1.62. The molecule has 4 bridgehead atoms. The molecule has 0 aromatic heterocycles. The van der Waals surface area contributed by atoms with Gasteiger partial charge in [-0.25, -0.2) is 0 Å². The van der Waals surface area contributed by atoms with E-state index in [-0.39, 0.29) is 28.5 Å². The van der Waals surface area contributed by atoms with Crippen LogP contribution in [-0.4, -0.2) is 47.0 Å². The van der Waals surface area contributed by atoms with Crippen LogP contribution in [0, 0.1) is 16.2 Å². The summed E-state index contributed by atoms with van der Waals surface area (Å²) in [4.78, 5) is 2.42. The number of hydrogen-bond acceptors (Lipinski definition) is 3. The van der Waals surface area contributed by atoms with Crippen molar-refractivity contribution in [2.24, 2.45) is 16.2 Å². The van der Waals surface area contributed by atoms with Crippen LogP contribution in [0.2, 0.25) is 0 Å². The van der Waals surface area contributed by atoms with Gasteiger partial charge in [0, 0.05) is 35.9 Å². The highest BCUT2D eigenvalue weighted by Crippen LogP contribution is 2.61. The summed E-state index contributed by atoms with van der Waals surface area (Å²) in [5.74, 6) is 0. The summed E-state index contributed by atoms with van der Waals surface area (Å²) in [6.45, 7) is 9.22. The highest BCUT2D eigenvalue weighted by atomic mass is 16.3. The van der Waals surface area contributed by atoms with Crippen LogP contribution in [-0.2, 0) is 0 Å². The number of piperidine rings is 3. The van der Waals surface area contributed by atoms with Crippen molar-refractivity contribution in [3.63, 3.8) is 0 Å². The Morgan fingerprint density at radius 3 is 1.87 bits per heavy atom. The zero-order valence-corrected chi connectivity index (χ0v) is 9.82. The molecule has 2 N–H and O–H groups in total. The first kappa shape index (κ1) is 10.1. The first-order valence-electron chi connectivity index (χ1n) is 5.89. The Labute approximate surface area is 91.1 Å². The molecule has 4 rings (SSSR count). The van der Waals surface area contributed by atoms with E-state index in [1.54, 1.807) is 0 Å². The van der Waals surface area contributed by atoms with E-state index in [4.69, 9.17) is 0 Å².